The number of phenols is 1. The predicted octanol–water partition coefficient (Wildman–Crippen LogP) is 1.45. The second-order valence-electron chi connectivity index (χ2n) is 3.18. The summed E-state index contributed by atoms with van der Waals surface area (Å²) in [5.74, 6) is -3.24. The molecule has 76 valence electrons. The third-order valence-electron chi connectivity index (χ3n) is 2.25. The molecule has 0 bridgehead atoms. The zero-order valence-corrected chi connectivity index (χ0v) is 7.26. The van der Waals surface area contributed by atoms with Crippen molar-refractivity contribution in [3.63, 3.8) is 0 Å². The van der Waals surface area contributed by atoms with E-state index < -0.39 is 23.4 Å². The maximum atomic E-state index is 12.9. The minimum absolute atomic E-state index is 0.0392. The zero-order chi connectivity index (χ0) is 10.3. The Morgan fingerprint density at radius 2 is 2.21 bits per heavy atom. The number of halogens is 2. The van der Waals surface area contributed by atoms with Gasteiger partial charge in [-0.1, -0.05) is 0 Å². The van der Waals surface area contributed by atoms with Crippen LogP contribution in [0.15, 0.2) is 6.07 Å². The molecule has 0 aromatic heterocycles. The van der Waals surface area contributed by atoms with Crippen molar-refractivity contribution in [3.05, 3.63) is 23.3 Å². The van der Waals surface area contributed by atoms with Crippen molar-refractivity contribution < 1.29 is 18.6 Å². The van der Waals surface area contributed by atoms with E-state index in [2.05, 4.69) is 0 Å². The monoisotopic (exact) mass is 201 g/mol. The minimum Gasteiger partial charge on any atom is -0.502 e. The van der Waals surface area contributed by atoms with Crippen LogP contribution in [0.5, 0.6) is 11.5 Å². The third kappa shape index (κ3) is 1.21. The van der Waals surface area contributed by atoms with E-state index in [-0.39, 0.29) is 5.75 Å². The standard InChI is InChI=1S/C9H9F2NO2/c10-5-3-4-6(12)1-2-14-9(4)8(13)7(5)11/h3,6,13H,1-2,12H2. The second kappa shape index (κ2) is 3.09. The number of ether oxygens (including phenoxy) is 1. The predicted molar refractivity (Wildman–Crippen MR) is 45.1 cm³/mol. The Balaban J connectivity index is 2.63. The summed E-state index contributed by atoms with van der Waals surface area (Å²) < 4.78 is 30.8. The van der Waals surface area contributed by atoms with Gasteiger partial charge in [-0.05, 0) is 6.07 Å². The smallest absolute Gasteiger partial charge is 0.204 e. The number of hydrogen-bond donors (Lipinski definition) is 2. The lowest BCUT2D eigenvalue weighted by molar-refractivity contribution is 0.248. The number of benzene rings is 1. The molecule has 3 N–H and O–H groups in total. The van der Waals surface area contributed by atoms with Crippen LogP contribution in [0.3, 0.4) is 0 Å². The highest BCUT2D eigenvalue weighted by atomic mass is 19.2. The summed E-state index contributed by atoms with van der Waals surface area (Å²) >= 11 is 0. The van der Waals surface area contributed by atoms with Gasteiger partial charge in [0.1, 0.15) is 0 Å². The van der Waals surface area contributed by atoms with Gasteiger partial charge in [-0.2, -0.15) is 4.39 Å². The molecule has 1 aromatic carbocycles. The van der Waals surface area contributed by atoms with Gasteiger partial charge in [0.25, 0.3) is 0 Å². The largest absolute Gasteiger partial charge is 0.502 e. The van der Waals surface area contributed by atoms with Gasteiger partial charge < -0.3 is 15.6 Å². The molecule has 0 amide bonds. The van der Waals surface area contributed by atoms with Gasteiger partial charge in [-0.3, -0.25) is 0 Å². The second-order valence-corrected chi connectivity index (χ2v) is 3.18. The van der Waals surface area contributed by atoms with Crippen LogP contribution in [0.2, 0.25) is 0 Å². The summed E-state index contributed by atoms with van der Waals surface area (Å²) in [5.41, 5.74) is 5.97. The lowest BCUT2D eigenvalue weighted by atomic mass is 10.0. The van der Waals surface area contributed by atoms with Gasteiger partial charge in [-0.15, -0.1) is 0 Å². The highest BCUT2D eigenvalue weighted by Crippen LogP contribution is 2.40. The highest BCUT2D eigenvalue weighted by molar-refractivity contribution is 5.49. The first-order chi connectivity index (χ1) is 6.61. The highest BCUT2D eigenvalue weighted by Gasteiger charge is 2.25. The summed E-state index contributed by atoms with van der Waals surface area (Å²) in [5, 5.41) is 9.25. The van der Waals surface area contributed by atoms with Crippen molar-refractivity contribution in [2.75, 3.05) is 6.61 Å². The van der Waals surface area contributed by atoms with Crippen LogP contribution in [0.25, 0.3) is 0 Å². The fourth-order valence-corrected chi connectivity index (χ4v) is 1.49. The molecule has 1 heterocycles. The lowest BCUT2D eigenvalue weighted by Crippen LogP contribution is -2.21. The fraction of sp³-hybridized carbons (Fsp3) is 0.333. The Morgan fingerprint density at radius 1 is 1.50 bits per heavy atom. The normalized spacial score (nSPS) is 20.1. The molecule has 0 saturated carbocycles. The molecule has 14 heavy (non-hydrogen) atoms. The molecule has 1 aromatic rings. The Hall–Kier alpha value is -1.36. The van der Waals surface area contributed by atoms with Crippen molar-refractivity contribution in [2.24, 2.45) is 5.73 Å². The molecule has 1 aliphatic rings. The van der Waals surface area contributed by atoms with E-state index in [1.807, 2.05) is 0 Å². The van der Waals surface area contributed by atoms with Gasteiger partial charge in [-0.25, -0.2) is 4.39 Å². The minimum atomic E-state index is -1.29. The van der Waals surface area contributed by atoms with Gasteiger partial charge in [0.2, 0.25) is 5.82 Å². The topological polar surface area (TPSA) is 55.5 Å². The Bertz CT molecular complexity index is 382. The third-order valence-corrected chi connectivity index (χ3v) is 2.25. The molecule has 1 atom stereocenters. The average Bonchev–Trinajstić information content (AvgIpc) is 2.17. The lowest BCUT2D eigenvalue weighted by Gasteiger charge is -2.23. The van der Waals surface area contributed by atoms with Crippen molar-refractivity contribution in [2.45, 2.75) is 12.5 Å². The molecule has 3 nitrogen and oxygen atoms in total. The number of nitrogens with two attached hydrogens (primary N) is 1. The van der Waals surface area contributed by atoms with Crippen molar-refractivity contribution in [1.29, 1.82) is 0 Å². The maximum absolute atomic E-state index is 12.9. The van der Waals surface area contributed by atoms with E-state index in [0.29, 0.717) is 18.6 Å². The molecule has 1 aliphatic heterocycles. The molecule has 0 radical (unpaired) electrons. The van der Waals surface area contributed by atoms with E-state index in [1.165, 1.54) is 0 Å². The Labute approximate surface area is 79.1 Å². The van der Waals surface area contributed by atoms with Gasteiger partial charge >= 0.3 is 0 Å². The van der Waals surface area contributed by atoms with E-state index in [1.54, 1.807) is 0 Å². The van der Waals surface area contributed by atoms with E-state index >= 15 is 0 Å². The van der Waals surface area contributed by atoms with Crippen LogP contribution < -0.4 is 10.5 Å². The van der Waals surface area contributed by atoms with Crippen LogP contribution in [-0.2, 0) is 0 Å². The van der Waals surface area contributed by atoms with Gasteiger partial charge in [0.15, 0.2) is 17.3 Å². The van der Waals surface area contributed by atoms with Crippen LogP contribution in [0, 0.1) is 11.6 Å². The van der Waals surface area contributed by atoms with Gasteiger partial charge in [0, 0.05) is 18.0 Å². The van der Waals surface area contributed by atoms with E-state index in [9.17, 15) is 13.9 Å². The fourth-order valence-electron chi connectivity index (χ4n) is 1.49. The van der Waals surface area contributed by atoms with E-state index in [4.69, 9.17) is 10.5 Å². The summed E-state index contributed by atoms with van der Waals surface area (Å²) in [6.45, 7) is 0.298. The van der Waals surface area contributed by atoms with Crippen LogP contribution >= 0.6 is 0 Å². The summed E-state index contributed by atoms with van der Waals surface area (Å²) in [6.07, 6.45) is 0.525. The molecule has 0 fully saturated rings. The molecule has 1 unspecified atom stereocenters. The first kappa shape index (κ1) is 9.21. The first-order valence-corrected chi connectivity index (χ1v) is 4.20. The number of aromatic hydroxyl groups is 1. The Morgan fingerprint density at radius 3 is 2.93 bits per heavy atom. The zero-order valence-electron chi connectivity index (χ0n) is 7.26. The number of hydrogen-bond acceptors (Lipinski definition) is 3. The summed E-state index contributed by atoms with van der Waals surface area (Å²) in [4.78, 5) is 0. The van der Waals surface area contributed by atoms with Crippen molar-refractivity contribution in [3.8, 4) is 11.5 Å². The number of fused-ring (bicyclic) bond motifs is 1. The molecule has 0 aliphatic carbocycles. The van der Waals surface area contributed by atoms with Gasteiger partial charge in [0.05, 0.1) is 6.61 Å². The molecule has 2 rings (SSSR count). The number of phenolic OH excluding ortho intramolecular Hbond substituents is 1. The summed E-state index contributed by atoms with van der Waals surface area (Å²) in [6, 6.07) is 0.550. The molecule has 5 heteroatoms. The average molecular weight is 201 g/mol. The SMILES string of the molecule is NC1CCOc2c1cc(F)c(F)c2O. The summed E-state index contributed by atoms with van der Waals surface area (Å²) in [7, 11) is 0. The quantitative estimate of drug-likeness (QED) is 0.668. The van der Waals surface area contributed by atoms with E-state index in [0.717, 1.165) is 6.07 Å². The molecule has 0 spiro atoms. The Kier molecular flexibility index (Phi) is 2.03. The number of rotatable bonds is 0. The van der Waals surface area contributed by atoms with Crippen molar-refractivity contribution >= 4 is 0 Å². The molecular weight excluding hydrogens is 192 g/mol. The first-order valence-electron chi connectivity index (χ1n) is 4.20. The molecule has 0 saturated heterocycles. The van der Waals surface area contributed by atoms with Crippen LogP contribution in [0.1, 0.15) is 18.0 Å². The maximum Gasteiger partial charge on any atom is 0.204 e. The molecular formula is C9H9F2NO2. The van der Waals surface area contributed by atoms with Crippen LogP contribution in [-0.4, -0.2) is 11.7 Å². The van der Waals surface area contributed by atoms with Crippen LogP contribution in [0.4, 0.5) is 8.78 Å². The van der Waals surface area contributed by atoms with Crippen molar-refractivity contribution in [1.82, 2.24) is 0 Å².